The fourth-order valence-electron chi connectivity index (χ4n) is 5.19. The molecule has 0 spiro atoms. The van der Waals surface area contributed by atoms with E-state index in [-0.39, 0.29) is 23.5 Å². The van der Waals surface area contributed by atoms with Crippen molar-refractivity contribution in [3.8, 4) is 17.3 Å². The maximum atomic E-state index is 9.60. The maximum absolute atomic E-state index is 9.60. The van der Waals surface area contributed by atoms with Crippen molar-refractivity contribution in [2.75, 3.05) is 12.4 Å². The highest BCUT2D eigenvalue weighted by molar-refractivity contribution is 7.22. The van der Waals surface area contributed by atoms with Crippen LogP contribution in [0.3, 0.4) is 0 Å². The number of nitrogens with zero attached hydrogens (tertiary/aromatic N) is 6. The Morgan fingerprint density at radius 1 is 1.12 bits per heavy atom. The zero-order valence-electron chi connectivity index (χ0n) is 20.4. The highest BCUT2D eigenvalue weighted by Gasteiger charge is 2.43. The van der Waals surface area contributed by atoms with E-state index in [0.29, 0.717) is 11.6 Å². The summed E-state index contributed by atoms with van der Waals surface area (Å²) in [6.45, 7) is 9.24. The predicted octanol–water partition coefficient (Wildman–Crippen LogP) is 5.60. The number of nitrogens with one attached hydrogen (secondary N) is 1. The van der Waals surface area contributed by atoms with Crippen molar-refractivity contribution < 1.29 is 0 Å². The van der Waals surface area contributed by atoms with Crippen LogP contribution in [0.2, 0.25) is 0 Å². The molecule has 0 aliphatic carbocycles. The van der Waals surface area contributed by atoms with Crippen LogP contribution in [0.25, 0.3) is 32.4 Å². The molecule has 7 nitrogen and oxygen atoms in total. The summed E-state index contributed by atoms with van der Waals surface area (Å²) in [5.74, 6) is 0. The topological polar surface area (TPSA) is 82.7 Å². The number of aryl methyl sites for hydroxylation is 1. The van der Waals surface area contributed by atoms with E-state index in [1.165, 1.54) is 0 Å². The number of hydrogen-bond donors (Lipinski definition) is 1. The molecular weight excluding hydrogens is 466 g/mol. The number of pyridine rings is 1. The van der Waals surface area contributed by atoms with Gasteiger partial charge in [-0.15, -0.1) is 12.4 Å². The Balaban J connectivity index is 0.00000274. The fourth-order valence-corrected chi connectivity index (χ4v) is 6.14. The highest BCUT2D eigenvalue weighted by Crippen LogP contribution is 2.39. The fraction of sp³-hybridized carbons (Fsp3) is 0.440. The van der Waals surface area contributed by atoms with Crippen molar-refractivity contribution >= 4 is 50.0 Å². The van der Waals surface area contributed by atoms with E-state index >= 15 is 0 Å². The SMILES string of the molecule is CN1C(C)(C)CC(Nc2nc3cnc(-c4cc(C#N)c5nn(C)cc5c4)cc3s2)CC1(C)C.Cl. The molecule has 34 heavy (non-hydrogen) atoms. The number of rotatable bonds is 3. The zero-order chi connectivity index (χ0) is 23.5. The smallest absolute Gasteiger partial charge is 0.184 e. The van der Waals surface area contributed by atoms with Gasteiger partial charge in [0.25, 0.3) is 0 Å². The van der Waals surface area contributed by atoms with Crippen molar-refractivity contribution in [3.63, 3.8) is 0 Å². The first-order chi connectivity index (χ1) is 15.6. The molecule has 5 rings (SSSR count). The van der Waals surface area contributed by atoms with Gasteiger partial charge < -0.3 is 5.32 Å². The van der Waals surface area contributed by atoms with Crippen LogP contribution in [0.5, 0.6) is 0 Å². The lowest BCUT2D eigenvalue weighted by molar-refractivity contribution is -0.00767. The number of likely N-dealkylation sites (tertiary alicyclic amines) is 1. The van der Waals surface area contributed by atoms with Gasteiger partial charge in [0.2, 0.25) is 0 Å². The molecular formula is C25H30ClN7S. The van der Waals surface area contributed by atoms with Gasteiger partial charge >= 0.3 is 0 Å². The van der Waals surface area contributed by atoms with Gasteiger partial charge in [-0.2, -0.15) is 10.4 Å². The Hall–Kier alpha value is -2.73. The third-order valence-electron chi connectivity index (χ3n) is 7.05. The molecule has 4 aromatic rings. The van der Waals surface area contributed by atoms with E-state index in [1.54, 1.807) is 16.0 Å². The summed E-state index contributed by atoms with van der Waals surface area (Å²) >= 11 is 1.66. The second kappa shape index (κ2) is 8.49. The van der Waals surface area contributed by atoms with Gasteiger partial charge in [-0.25, -0.2) is 4.98 Å². The lowest BCUT2D eigenvalue weighted by atomic mass is 9.77. The average molecular weight is 496 g/mol. The van der Waals surface area contributed by atoms with E-state index in [2.05, 4.69) is 67.2 Å². The average Bonchev–Trinajstić information content (AvgIpc) is 3.31. The maximum Gasteiger partial charge on any atom is 0.184 e. The number of piperidine rings is 1. The molecule has 1 aromatic carbocycles. The molecule has 1 fully saturated rings. The second-order valence-electron chi connectivity index (χ2n) is 10.4. The summed E-state index contributed by atoms with van der Waals surface area (Å²) in [5.41, 5.74) is 4.16. The van der Waals surface area contributed by atoms with E-state index < -0.39 is 0 Å². The minimum Gasteiger partial charge on any atom is -0.359 e. The standard InChI is InChI=1S/C25H29N7S.ClH/c1-24(2)10-18(11-25(3,4)32(24)6)28-23-29-20-13-27-19(9-21(20)33-23)15-7-16(12-26)22-17(8-15)14-31(5)30-22;/h7-9,13-14,18H,10-11H2,1-6H3,(H,28,29);1H. The first-order valence-electron chi connectivity index (χ1n) is 11.2. The third kappa shape index (κ3) is 4.24. The lowest BCUT2D eigenvalue weighted by Gasteiger charge is -2.53. The summed E-state index contributed by atoms with van der Waals surface area (Å²) in [6, 6.07) is 8.61. The van der Waals surface area contributed by atoms with Gasteiger partial charge in [0.05, 0.1) is 22.2 Å². The number of thiazole rings is 1. The Morgan fingerprint density at radius 3 is 2.50 bits per heavy atom. The molecule has 1 aliphatic rings. The van der Waals surface area contributed by atoms with Gasteiger partial charge in [0.1, 0.15) is 17.1 Å². The molecule has 0 bridgehead atoms. The summed E-state index contributed by atoms with van der Waals surface area (Å²) in [7, 11) is 4.09. The van der Waals surface area contributed by atoms with Crippen LogP contribution >= 0.6 is 23.7 Å². The number of aromatic nitrogens is 4. The number of benzene rings is 1. The molecule has 1 aliphatic heterocycles. The first-order valence-corrected chi connectivity index (χ1v) is 12.0. The largest absolute Gasteiger partial charge is 0.359 e. The Labute approximate surface area is 210 Å². The van der Waals surface area contributed by atoms with Crippen molar-refractivity contribution in [3.05, 3.63) is 36.2 Å². The molecule has 0 atom stereocenters. The molecule has 9 heteroatoms. The second-order valence-corrected chi connectivity index (χ2v) is 11.4. The van der Waals surface area contributed by atoms with E-state index in [9.17, 15) is 5.26 Å². The van der Waals surface area contributed by atoms with Crippen molar-refractivity contribution in [1.82, 2.24) is 24.6 Å². The molecule has 1 saturated heterocycles. The quantitative estimate of drug-likeness (QED) is 0.398. The van der Waals surface area contributed by atoms with Crippen LogP contribution < -0.4 is 5.32 Å². The van der Waals surface area contributed by atoms with Gasteiger partial charge in [-0.1, -0.05) is 11.3 Å². The van der Waals surface area contributed by atoms with Crippen LogP contribution in [0.4, 0.5) is 5.13 Å². The van der Waals surface area contributed by atoms with Crippen molar-refractivity contribution in [1.29, 1.82) is 5.26 Å². The number of nitriles is 1. The van der Waals surface area contributed by atoms with Gasteiger partial charge in [0.15, 0.2) is 5.13 Å². The summed E-state index contributed by atoms with van der Waals surface area (Å²) < 4.78 is 2.82. The molecule has 0 radical (unpaired) electrons. The van der Waals surface area contributed by atoms with Gasteiger partial charge in [-0.05, 0) is 65.8 Å². The van der Waals surface area contributed by atoms with Crippen LogP contribution in [0, 0.1) is 11.3 Å². The van der Waals surface area contributed by atoms with E-state index in [4.69, 9.17) is 4.98 Å². The monoisotopic (exact) mass is 495 g/mol. The summed E-state index contributed by atoms with van der Waals surface area (Å²) in [6.07, 6.45) is 5.88. The molecule has 4 heterocycles. The Morgan fingerprint density at radius 2 is 1.82 bits per heavy atom. The number of anilines is 1. The summed E-state index contributed by atoms with van der Waals surface area (Å²) in [5, 5.41) is 19.6. The van der Waals surface area contributed by atoms with Crippen LogP contribution in [0.15, 0.2) is 30.6 Å². The molecule has 178 valence electrons. The van der Waals surface area contributed by atoms with Crippen molar-refractivity contribution in [2.24, 2.45) is 7.05 Å². The molecule has 1 N–H and O–H groups in total. The number of hydrogen-bond acceptors (Lipinski definition) is 7. The Bertz CT molecular complexity index is 1390. The molecule has 0 amide bonds. The summed E-state index contributed by atoms with van der Waals surface area (Å²) in [4.78, 5) is 12.0. The normalized spacial score (nSPS) is 18.0. The minimum absolute atomic E-state index is 0. The Kier molecular flexibility index (Phi) is 6.09. The minimum atomic E-state index is 0. The van der Waals surface area contributed by atoms with Crippen LogP contribution in [-0.4, -0.2) is 48.8 Å². The van der Waals surface area contributed by atoms with Crippen LogP contribution in [0.1, 0.15) is 46.1 Å². The molecule has 0 unspecified atom stereocenters. The van der Waals surface area contributed by atoms with Gasteiger partial charge in [-0.3, -0.25) is 14.6 Å². The molecule has 3 aromatic heterocycles. The number of fused-ring (bicyclic) bond motifs is 2. The predicted molar refractivity (Wildman–Crippen MR) is 142 cm³/mol. The van der Waals surface area contributed by atoms with Crippen molar-refractivity contribution in [2.45, 2.75) is 57.7 Å². The zero-order valence-corrected chi connectivity index (χ0v) is 22.0. The van der Waals surface area contributed by atoms with Gasteiger partial charge in [0, 0.05) is 41.3 Å². The molecule has 0 saturated carbocycles. The highest BCUT2D eigenvalue weighted by atomic mass is 35.5. The van der Waals surface area contributed by atoms with Crippen LogP contribution in [-0.2, 0) is 7.05 Å². The number of halogens is 1. The lowest BCUT2D eigenvalue weighted by Crippen LogP contribution is -2.61. The van der Waals surface area contributed by atoms with E-state index in [0.717, 1.165) is 50.4 Å². The third-order valence-corrected chi connectivity index (χ3v) is 8.00. The first kappa shape index (κ1) is 24.4. The van der Waals surface area contributed by atoms with E-state index in [1.807, 2.05) is 31.6 Å².